The topological polar surface area (TPSA) is 46.3 Å². The molecule has 0 spiro atoms. The first-order valence-electron chi connectivity index (χ1n) is 6.13. The maximum Gasteiger partial charge on any atom is 0.237 e. The lowest BCUT2D eigenvalue weighted by Gasteiger charge is -2.34. The summed E-state index contributed by atoms with van der Waals surface area (Å²) in [6.45, 7) is 5.61. The van der Waals surface area contributed by atoms with E-state index in [4.69, 9.17) is 5.73 Å². The van der Waals surface area contributed by atoms with Crippen molar-refractivity contribution < 1.29 is 4.79 Å². The van der Waals surface area contributed by atoms with Crippen LogP contribution in [0.15, 0.2) is 24.3 Å². The molecule has 2 rings (SSSR count). The average molecular weight is 232 g/mol. The summed E-state index contributed by atoms with van der Waals surface area (Å²) in [4.78, 5) is 13.7. The predicted octanol–water partition coefficient (Wildman–Crippen LogP) is 1.35. The molecule has 0 saturated carbocycles. The molecule has 1 amide bonds. The third kappa shape index (κ3) is 2.34. The maximum absolute atomic E-state index is 11.5. The van der Waals surface area contributed by atoms with E-state index in [1.54, 1.807) is 0 Å². The first kappa shape index (κ1) is 12.1. The van der Waals surface area contributed by atoms with Crippen LogP contribution in [0.1, 0.15) is 25.0 Å². The molecule has 1 aromatic carbocycles. The summed E-state index contributed by atoms with van der Waals surface area (Å²) < 4.78 is 0. The molecule has 0 bridgehead atoms. The first-order valence-corrected chi connectivity index (χ1v) is 6.13. The zero-order valence-electron chi connectivity index (χ0n) is 10.6. The maximum atomic E-state index is 11.5. The molecule has 92 valence electrons. The third-order valence-electron chi connectivity index (χ3n) is 3.81. The van der Waals surface area contributed by atoms with E-state index in [2.05, 4.69) is 29.2 Å². The molecule has 0 aromatic heterocycles. The molecule has 0 unspecified atom stereocenters. The van der Waals surface area contributed by atoms with Crippen LogP contribution in [0.4, 0.5) is 0 Å². The fourth-order valence-corrected chi connectivity index (χ4v) is 2.38. The van der Waals surface area contributed by atoms with Crippen LogP contribution < -0.4 is 5.73 Å². The minimum absolute atomic E-state index is 0.247. The van der Waals surface area contributed by atoms with Crippen molar-refractivity contribution in [2.24, 2.45) is 5.73 Å². The molecule has 0 atom stereocenters. The molecule has 0 aliphatic carbocycles. The molecule has 2 N–H and O–H groups in total. The Labute approximate surface area is 103 Å². The summed E-state index contributed by atoms with van der Waals surface area (Å²) in [5.74, 6) is -0.247. The van der Waals surface area contributed by atoms with Crippen molar-refractivity contribution >= 4 is 5.91 Å². The lowest BCUT2D eigenvalue weighted by atomic mass is 10.0. The van der Waals surface area contributed by atoms with Crippen LogP contribution in [-0.4, -0.2) is 29.4 Å². The minimum Gasteiger partial charge on any atom is -0.368 e. The molecule has 0 fully saturated rings. The Bertz CT molecular complexity index is 399. The molecule has 1 aliphatic heterocycles. The molecule has 0 radical (unpaired) electrons. The second kappa shape index (κ2) is 4.49. The van der Waals surface area contributed by atoms with Gasteiger partial charge < -0.3 is 5.73 Å². The van der Waals surface area contributed by atoms with E-state index in [1.165, 1.54) is 11.1 Å². The molecule has 3 heteroatoms. The van der Waals surface area contributed by atoms with Gasteiger partial charge in [0.1, 0.15) is 0 Å². The van der Waals surface area contributed by atoms with Crippen LogP contribution in [0.5, 0.6) is 0 Å². The van der Waals surface area contributed by atoms with Crippen molar-refractivity contribution in [3.8, 4) is 0 Å². The van der Waals surface area contributed by atoms with Crippen molar-refractivity contribution in [3.63, 3.8) is 0 Å². The zero-order valence-corrected chi connectivity index (χ0v) is 10.6. The van der Waals surface area contributed by atoms with E-state index in [-0.39, 0.29) is 5.91 Å². The number of hydrogen-bond donors (Lipinski definition) is 1. The van der Waals surface area contributed by atoms with Crippen LogP contribution in [0, 0.1) is 0 Å². The summed E-state index contributed by atoms with van der Waals surface area (Å²) in [6.07, 6.45) is 1.99. The van der Waals surface area contributed by atoms with Crippen molar-refractivity contribution in [1.29, 1.82) is 0 Å². The van der Waals surface area contributed by atoms with Crippen LogP contribution in [0.3, 0.4) is 0 Å². The number of carbonyl (C=O) groups excluding carboxylic acids is 1. The van der Waals surface area contributed by atoms with Crippen LogP contribution >= 0.6 is 0 Å². The Morgan fingerprint density at radius 3 is 2.06 bits per heavy atom. The highest BCUT2D eigenvalue weighted by Crippen LogP contribution is 2.21. The predicted molar refractivity (Wildman–Crippen MR) is 68.7 cm³/mol. The van der Waals surface area contributed by atoms with E-state index < -0.39 is 5.54 Å². The monoisotopic (exact) mass is 232 g/mol. The van der Waals surface area contributed by atoms with Crippen LogP contribution in [-0.2, 0) is 17.6 Å². The normalized spacial score (nSPS) is 17.3. The highest BCUT2D eigenvalue weighted by atomic mass is 16.1. The van der Waals surface area contributed by atoms with Gasteiger partial charge >= 0.3 is 0 Å². The van der Waals surface area contributed by atoms with E-state index in [0.717, 1.165) is 25.9 Å². The highest BCUT2D eigenvalue weighted by molar-refractivity contribution is 5.83. The standard InChI is InChI=1S/C14H20N2O/c1-14(2,13(15)17)16-9-7-11-5-3-4-6-12(11)8-10-16/h3-6H,7-10H2,1-2H3,(H2,15,17). The zero-order chi connectivity index (χ0) is 12.5. The second-order valence-corrected chi connectivity index (χ2v) is 5.18. The molecular formula is C14H20N2O. The number of fused-ring (bicyclic) bond motifs is 1. The van der Waals surface area contributed by atoms with Crippen molar-refractivity contribution in [2.45, 2.75) is 32.2 Å². The van der Waals surface area contributed by atoms with Crippen molar-refractivity contribution in [3.05, 3.63) is 35.4 Å². The average Bonchev–Trinajstić information content (AvgIpc) is 2.51. The van der Waals surface area contributed by atoms with Gasteiger partial charge in [-0.1, -0.05) is 24.3 Å². The molecule has 3 nitrogen and oxygen atoms in total. The number of benzene rings is 1. The molecular weight excluding hydrogens is 212 g/mol. The van der Waals surface area contributed by atoms with Crippen molar-refractivity contribution in [1.82, 2.24) is 4.90 Å². The molecule has 0 saturated heterocycles. The Kier molecular flexibility index (Phi) is 3.20. The summed E-state index contributed by atoms with van der Waals surface area (Å²) in [7, 11) is 0. The Morgan fingerprint density at radius 1 is 1.18 bits per heavy atom. The number of primary amides is 1. The van der Waals surface area contributed by atoms with E-state index >= 15 is 0 Å². The van der Waals surface area contributed by atoms with Gasteiger partial charge in [0.2, 0.25) is 5.91 Å². The quantitative estimate of drug-likeness (QED) is 0.836. The summed E-state index contributed by atoms with van der Waals surface area (Å²) in [6, 6.07) is 8.51. The molecule has 17 heavy (non-hydrogen) atoms. The highest BCUT2D eigenvalue weighted by Gasteiger charge is 2.33. The fourth-order valence-electron chi connectivity index (χ4n) is 2.38. The Balaban J connectivity index is 2.17. The second-order valence-electron chi connectivity index (χ2n) is 5.18. The number of carbonyl (C=O) groups is 1. The summed E-state index contributed by atoms with van der Waals surface area (Å²) >= 11 is 0. The summed E-state index contributed by atoms with van der Waals surface area (Å²) in [5, 5.41) is 0. The first-order chi connectivity index (χ1) is 8.01. The lowest BCUT2D eigenvalue weighted by Crippen LogP contribution is -2.54. The number of amides is 1. The number of nitrogens with zero attached hydrogens (tertiary/aromatic N) is 1. The van der Waals surface area contributed by atoms with Gasteiger partial charge in [-0.05, 0) is 37.8 Å². The molecule has 1 aromatic rings. The van der Waals surface area contributed by atoms with Gasteiger partial charge in [-0.25, -0.2) is 0 Å². The van der Waals surface area contributed by atoms with E-state index in [1.807, 2.05) is 13.8 Å². The van der Waals surface area contributed by atoms with Gasteiger partial charge in [-0.15, -0.1) is 0 Å². The van der Waals surface area contributed by atoms with Gasteiger partial charge in [-0.3, -0.25) is 9.69 Å². The van der Waals surface area contributed by atoms with E-state index in [9.17, 15) is 4.79 Å². The smallest absolute Gasteiger partial charge is 0.237 e. The van der Waals surface area contributed by atoms with Gasteiger partial charge in [0.15, 0.2) is 0 Å². The molecule has 1 heterocycles. The van der Waals surface area contributed by atoms with Crippen molar-refractivity contribution in [2.75, 3.05) is 13.1 Å². The number of nitrogens with two attached hydrogens (primary N) is 1. The lowest BCUT2D eigenvalue weighted by molar-refractivity contribution is -0.128. The Morgan fingerprint density at radius 2 is 1.65 bits per heavy atom. The SMILES string of the molecule is CC(C)(C(N)=O)N1CCc2ccccc2CC1. The van der Waals surface area contributed by atoms with Gasteiger partial charge in [-0.2, -0.15) is 0 Å². The van der Waals surface area contributed by atoms with Crippen LogP contribution in [0.2, 0.25) is 0 Å². The third-order valence-corrected chi connectivity index (χ3v) is 3.81. The van der Waals surface area contributed by atoms with Crippen LogP contribution in [0.25, 0.3) is 0 Å². The van der Waals surface area contributed by atoms with Gasteiger partial charge in [0.05, 0.1) is 5.54 Å². The van der Waals surface area contributed by atoms with Gasteiger partial charge in [0.25, 0.3) is 0 Å². The summed E-state index contributed by atoms with van der Waals surface area (Å²) in [5.41, 5.74) is 7.72. The number of hydrogen-bond acceptors (Lipinski definition) is 2. The van der Waals surface area contributed by atoms with E-state index in [0.29, 0.717) is 0 Å². The number of rotatable bonds is 2. The molecule has 1 aliphatic rings. The largest absolute Gasteiger partial charge is 0.368 e. The fraction of sp³-hybridized carbons (Fsp3) is 0.500. The minimum atomic E-state index is -0.554. The Hall–Kier alpha value is -1.35. The van der Waals surface area contributed by atoms with Gasteiger partial charge in [0, 0.05) is 13.1 Å².